The average molecular weight is 201 g/mol. The van der Waals surface area contributed by atoms with Gasteiger partial charge in [-0.2, -0.15) is 0 Å². The van der Waals surface area contributed by atoms with Crippen LogP contribution in [0.1, 0.15) is 19.3 Å². The highest BCUT2D eigenvalue weighted by Gasteiger charge is 2.28. The van der Waals surface area contributed by atoms with Crippen molar-refractivity contribution in [3.8, 4) is 0 Å². The molecule has 0 amide bonds. The summed E-state index contributed by atoms with van der Waals surface area (Å²) in [5, 5.41) is 12.0. The SMILES string of the molecule is CN(CCCO)CC1(N)CCNCC1. The number of rotatable bonds is 5. The van der Waals surface area contributed by atoms with Crippen LogP contribution in [0.3, 0.4) is 0 Å². The number of hydrogen-bond donors (Lipinski definition) is 3. The van der Waals surface area contributed by atoms with E-state index in [0.717, 1.165) is 45.4 Å². The molecule has 0 spiro atoms. The van der Waals surface area contributed by atoms with E-state index in [2.05, 4.69) is 17.3 Å². The van der Waals surface area contributed by atoms with Crippen LogP contribution in [-0.2, 0) is 0 Å². The fourth-order valence-corrected chi connectivity index (χ4v) is 2.04. The third-order valence-corrected chi connectivity index (χ3v) is 2.88. The van der Waals surface area contributed by atoms with Crippen LogP contribution >= 0.6 is 0 Å². The predicted molar refractivity (Wildman–Crippen MR) is 58.2 cm³/mol. The molecular weight excluding hydrogens is 178 g/mol. The quantitative estimate of drug-likeness (QED) is 0.555. The van der Waals surface area contributed by atoms with Crippen LogP contribution in [-0.4, -0.2) is 55.4 Å². The van der Waals surface area contributed by atoms with Crippen LogP contribution in [0.25, 0.3) is 0 Å². The maximum Gasteiger partial charge on any atom is 0.0443 e. The van der Waals surface area contributed by atoms with Crippen LogP contribution in [0.4, 0.5) is 0 Å². The van der Waals surface area contributed by atoms with Gasteiger partial charge in [-0.05, 0) is 39.4 Å². The second-order valence-corrected chi connectivity index (χ2v) is 4.43. The second kappa shape index (κ2) is 5.66. The smallest absolute Gasteiger partial charge is 0.0443 e. The van der Waals surface area contributed by atoms with Crippen LogP contribution < -0.4 is 11.1 Å². The number of nitrogens with two attached hydrogens (primary N) is 1. The van der Waals surface area contributed by atoms with Crippen LogP contribution in [0.2, 0.25) is 0 Å². The molecule has 84 valence electrons. The Labute approximate surface area is 86.5 Å². The predicted octanol–water partition coefficient (Wildman–Crippen LogP) is -0.618. The highest BCUT2D eigenvalue weighted by atomic mass is 16.3. The molecule has 4 N–H and O–H groups in total. The van der Waals surface area contributed by atoms with Gasteiger partial charge in [0.05, 0.1) is 0 Å². The van der Waals surface area contributed by atoms with Crippen molar-refractivity contribution in [2.24, 2.45) is 5.73 Å². The molecule has 1 heterocycles. The van der Waals surface area contributed by atoms with E-state index in [9.17, 15) is 0 Å². The number of piperidine rings is 1. The zero-order valence-corrected chi connectivity index (χ0v) is 9.13. The summed E-state index contributed by atoms with van der Waals surface area (Å²) in [4.78, 5) is 2.22. The summed E-state index contributed by atoms with van der Waals surface area (Å²) in [6, 6.07) is 0. The summed E-state index contributed by atoms with van der Waals surface area (Å²) in [6.45, 7) is 4.20. The number of hydrogen-bond acceptors (Lipinski definition) is 4. The summed E-state index contributed by atoms with van der Waals surface area (Å²) >= 11 is 0. The Bertz CT molecular complexity index is 157. The third-order valence-electron chi connectivity index (χ3n) is 2.88. The zero-order chi connectivity index (χ0) is 10.4. The number of likely N-dealkylation sites (N-methyl/N-ethyl adjacent to an activating group) is 1. The number of aliphatic hydroxyl groups is 1. The molecule has 0 aliphatic carbocycles. The molecule has 1 saturated heterocycles. The largest absolute Gasteiger partial charge is 0.396 e. The maximum atomic E-state index is 8.72. The molecule has 0 bridgehead atoms. The molecule has 4 nitrogen and oxygen atoms in total. The highest BCUT2D eigenvalue weighted by molar-refractivity contribution is 4.91. The van der Waals surface area contributed by atoms with Crippen molar-refractivity contribution in [1.82, 2.24) is 10.2 Å². The van der Waals surface area contributed by atoms with Crippen molar-refractivity contribution >= 4 is 0 Å². The van der Waals surface area contributed by atoms with Crippen molar-refractivity contribution in [2.45, 2.75) is 24.8 Å². The van der Waals surface area contributed by atoms with E-state index in [-0.39, 0.29) is 12.1 Å². The van der Waals surface area contributed by atoms with Gasteiger partial charge in [-0.3, -0.25) is 0 Å². The van der Waals surface area contributed by atoms with Crippen molar-refractivity contribution < 1.29 is 5.11 Å². The fourth-order valence-electron chi connectivity index (χ4n) is 2.04. The lowest BCUT2D eigenvalue weighted by Gasteiger charge is -2.37. The minimum Gasteiger partial charge on any atom is -0.396 e. The number of aliphatic hydroxyl groups excluding tert-OH is 1. The summed E-state index contributed by atoms with van der Waals surface area (Å²) in [6.07, 6.45) is 2.94. The third kappa shape index (κ3) is 3.92. The fraction of sp³-hybridized carbons (Fsp3) is 1.00. The van der Waals surface area contributed by atoms with Crippen LogP contribution in [0.15, 0.2) is 0 Å². The molecule has 0 unspecified atom stereocenters. The molecule has 4 heteroatoms. The molecule has 0 atom stereocenters. The Morgan fingerprint density at radius 3 is 2.64 bits per heavy atom. The molecule has 1 rings (SSSR count). The Balaban J connectivity index is 2.25. The van der Waals surface area contributed by atoms with Gasteiger partial charge in [0, 0.05) is 25.2 Å². The first-order chi connectivity index (χ1) is 6.66. The van der Waals surface area contributed by atoms with E-state index in [0.29, 0.717) is 0 Å². The normalized spacial score (nSPS) is 21.4. The first-order valence-electron chi connectivity index (χ1n) is 5.45. The molecule has 0 aromatic carbocycles. The maximum absolute atomic E-state index is 8.72. The van der Waals surface area contributed by atoms with Crippen LogP contribution in [0, 0.1) is 0 Å². The monoisotopic (exact) mass is 201 g/mol. The minimum atomic E-state index is -0.0184. The van der Waals surface area contributed by atoms with Crippen molar-refractivity contribution in [3.63, 3.8) is 0 Å². The molecule has 0 aromatic heterocycles. The van der Waals surface area contributed by atoms with Gasteiger partial charge in [0.25, 0.3) is 0 Å². The van der Waals surface area contributed by atoms with E-state index in [1.807, 2.05) is 0 Å². The van der Waals surface area contributed by atoms with Gasteiger partial charge in [0.2, 0.25) is 0 Å². The zero-order valence-electron chi connectivity index (χ0n) is 9.13. The lowest BCUT2D eigenvalue weighted by molar-refractivity contribution is 0.188. The van der Waals surface area contributed by atoms with Crippen molar-refractivity contribution in [1.29, 1.82) is 0 Å². The number of nitrogens with zero attached hydrogens (tertiary/aromatic N) is 1. The summed E-state index contributed by atoms with van der Waals surface area (Å²) < 4.78 is 0. The van der Waals surface area contributed by atoms with Gasteiger partial charge in [-0.25, -0.2) is 0 Å². The lowest BCUT2D eigenvalue weighted by Crippen LogP contribution is -2.55. The van der Waals surface area contributed by atoms with Gasteiger partial charge in [0.15, 0.2) is 0 Å². The van der Waals surface area contributed by atoms with Gasteiger partial charge in [-0.15, -0.1) is 0 Å². The van der Waals surface area contributed by atoms with Gasteiger partial charge >= 0.3 is 0 Å². The van der Waals surface area contributed by atoms with E-state index in [1.54, 1.807) is 0 Å². The van der Waals surface area contributed by atoms with Crippen LogP contribution in [0.5, 0.6) is 0 Å². The molecule has 0 radical (unpaired) electrons. The Morgan fingerprint density at radius 2 is 2.07 bits per heavy atom. The van der Waals surface area contributed by atoms with Crippen molar-refractivity contribution in [3.05, 3.63) is 0 Å². The van der Waals surface area contributed by atoms with E-state index in [4.69, 9.17) is 10.8 Å². The van der Waals surface area contributed by atoms with Gasteiger partial charge in [0.1, 0.15) is 0 Å². The highest BCUT2D eigenvalue weighted by Crippen LogP contribution is 2.15. The standard InChI is InChI=1S/C10H23N3O/c1-13(7-2-8-14)9-10(11)3-5-12-6-4-10/h12,14H,2-9,11H2,1H3. The lowest BCUT2D eigenvalue weighted by atomic mass is 9.89. The summed E-state index contributed by atoms with van der Waals surface area (Å²) in [5.41, 5.74) is 6.27. The Kier molecular flexibility index (Phi) is 4.81. The molecule has 14 heavy (non-hydrogen) atoms. The van der Waals surface area contributed by atoms with E-state index in [1.165, 1.54) is 0 Å². The molecular formula is C10H23N3O. The molecule has 1 aliphatic rings. The minimum absolute atomic E-state index is 0.0184. The molecule has 1 fully saturated rings. The first-order valence-corrected chi connectivity index (χ1v) is 5.45. The molecule has 0 saturated carbocycles. The van der Waals surface area contributed by atoms with E-state index >= 15 is 0 Å². The van der Waals surface area contributed by atoms with Gasteiger partial charge in [-0.1, -0.05) is 0 Å². The molecule has 1 aliphatic heterocycles. The number of nitrogens with one attached hydrogen (secondary N) is 1. The average Bonchev–Trinajstić information content (AvgIpc) is 2.15. The summed E-state index contributed by atoms with van der Waals surface area (Å²) in [5.74, 6) is 0. The second-order valence-electron chi connectivity index (χ2n) is 4.43. The topological polar surface area (TPSA) is 61.5 Å². The van der Waals surface area contributed by atoms with E-state index < -0.39 is 0 Å². The Hall–Kier alpha value is -0.160. The summed E-state index contributed by atoms with van der Waals surface area (Å²) in [7, 11) is 2.08. The Morgan fingerprint density at radius 1 is 1.43 bits per heavy atom. The van der Waals surface area contributed by atoms with Gasteiger partial charge < -0.3 is 21.1 Å². The first kappa shape index (κ1) is 11.9. The molecule has 0 aromatic rings. The van der Waals surface area contributed by atoms with Crippen molar-refractivity contribution in [2.75, 3.05) is 39.8 Å².